The van der Waals surface area contributed by atoms with Gasteiger partial charge in [-0.2, -0.15) is 0 Å². The van der Waals surface area contributed by atoms with Crippen molar-refractivity contribution < 1.29 is 4.42 Å². The molecule has 9 aromatic rings. The summed E-state index contributed by atoms with van der Waals surface area (Å²) in [4.78, 5) is 4.01. The molecule has 0 bridgehead atoms. The van der Waals surface area contributed by atoms with Gasteiger partial charge in [-0.3, -0.25) is 0 Å². The summed E-state index contributed by atoms with van der Waals surface area (Å²) in [7, 11) is 0. The second-order valence-electron chi connectivity index (χ2n) is 10.4. The summed E-state index contributed by atoms with van der Waals surface area (Å²) in [5, 5.41) is 6.97. The quantitative estimate of drug-likeness (QED) is 0.200. The van der Waals surface area contributed by atoms with Gasteiger partial charge in [0.1, 0.15) is 11.2 Å². The summed E-state index contributed by atoms with van der Waals surface area (Å²) in [6.45, 7) is 8.09. The molecular formula is C37H20N2OS. The maximum absolute atomic E-state index is 8.09. The maximum atomic E-state index is 8.09. The lowest BCUT2D eigenvalue weighted by molar-refractivity contribution is 0.669. The Kier molecular flexibility index (Phi) is 4.55. The minimum Gasteiger partial charge on any atom is -0.456 e. The first-order valence-electron chi connectivity index (χ1n) is 13.6. The van der Waals surface area contributed by atoms with Crippen LogP contribution in [0.4, 0.5) is 5.69 Å². The van der Waals surface area contributed by atoms with Crippen molar-refractivity contribution in [3.63, 3.8) is 0 Å². The van der Waals surface area contributed by atoms with Crippen molar-refractivity contribution in [2.24, 2.45) is 0 Å². The molecule has 3 heterocycles. The third kappa shape index (κ3) is 3.12. The molecule has 3 nitrogen and oxygen atoms in total. The number of hydrogen-bond donors (Lipinski definition) is 0. The Morgan fingerprint density at radius 2 is 1.20 bits per heavy atom. The fourth-order valence-corrected chi connectivity index (χ4v) is 7.62. The average molecular weight is 541 g/mol. The van der Waals surface area contributed by atoms with Crippen LogP contribution in [0.1, 0.15) is 0 Å². The van der Waals surface area contributed by atoms with Gasteiger partial charge in [-0.15, -0.1) is 11.3 Å². The predicted molar refractivity (Wildman–Crippen MR) is 173 cm³/mol. The second kappa shape index (κ2) is 8.32. The highest BCUT2D eigenvalue weighted by Crippen LogP contribution is 2.46. The van der Waals surface area contributed by atoms with Gasteiger partial charge in [-0.1, -0.05) is 72.8 Å². The van der Waals surface area contributed by atoms with E-state index in [0.29, 0.717) is 5.69 Å². The van der Waals surface area contributed by atoms with Crippen LogP contribution in [0.15, 0.2) is 126 Å². The van der Waals surface area contributed by atoms with Crippen LogP contribution >= 0.6 is 11.3 Å². The van der Waals surface area contributed by atoms with E-state index in [1.165, 1.54) is 31.9 Å². The van der Waals surface area contributed by atoms with E-state index in [9.17, 15) is 0 Å². The third-order valence-corrected chi connectivity index (χ3v) is 9.48. The van der Waals surface area contributed by atoms with E-state index < -0.39 is 0 Å². The number of furan rings is 1. The van der Waals surface area contributed by atoms with Gasteiger partial charge in [0.25, 0.3) is 0 Å². The topological polar surface area (TPSA) is 22.4 Å². The number of hydrogen-bond acceptors (Lipinski definition) is 2. The summed E-state index contributed by atoms with van der Waals surface area (Å²) in [5.41, 5.74) is 8.08. The Labute approximate surface area is 238 Å². The summed E-state index contributed by atoms with van der Waals surface area (Å²) in [6.07, 6.45) is 0. The normalized spacial score (nSPS) is 11.9. The Morgan fingerprint density at radius 1 is 0.537 bits per heavy atom. The minimum absolute atomic E-state index is 0.684. The summed E-state index contributed by atoms with van der Waals surface area (Å²) < 4.78 is 10.7. The van der Waals surface area contributed by atoms with Gasteiger partial charge in [-0.25, -0.2) is 4.85 Å². The standard InChI is InChI=1S/C37H20N2OS/c1-38-30-21-23(22-17-18-35-28(19-22)26-11-4-7-16-34(26)40-35)20-29-27-12-8-15-33(37(27)41-36(29)30)39-31-13-5-2-9-24(31)25-10-3-6-14-32(25)39/h2-21H. The zero-order valence-electron chi connectivity index (χ0n) is 21.8. The van der Waals surface area contributed by atoms with E-state index in [2.05, 4.69) is 100 Å². The molecule has 0 fully saturated rings. The van der Waals surface area contributed by atoms with E-state index in [0.717, 1.165) is 48.8 Å². The number of fused-ring (bicyclic) bond motifs is 9. The Balaban J connectivity index is 1.32. The first-order chi connectivity index (χ1) is 20.3. The molecule has 0 aliphatic carbocycles. The number of benzene rings is 6. The van der Waals surface area contributed by atoms with E-state index in [1.807, 2.05) is 30.3 Å². The van der Waals surface area contributed by atoms with Crippen molar-refractivity contribution in [1.29, 1.82) is 0 Å². The predicted octanol–water partition coefficient (Wildman–Crippen LogP) is 11.3. The highest BCUT2D eigenvalue weighted by Gasteiger charge is 2.18. The average Bonchev–Trinajstić information content (AvgIpc) is 3.70. The zero-order valence-corrected chi connectivity index (χ0v) is 22.6. The van der Waals surface area contributed by atoms with E-state index in [-0.39, 0.29) is 0 Å². The molecule has 4 heteroatoms. The molecule has 0 radical (unpaired) electrons. The van der Waals surface area contributed by atoms with Crippen LogP contribution in [0.25, 0.3) is 85.6 Å². The maximum Gasteiger partial charge on any atom is 0.205 e. The highest BCUT2D eigenvalue weighted by molar-refractivity contribution is 7.26. The molecule has 0 amide bonds. The molecule has 0 aliphatic rings. The smallest absolute Gasteiger partial charge is 0.205 e. The fourth-order valence-electron chi connectivity index (χ4n) is 6.38. The Bertz CT molecular complexity index is 2500. The molecular weight excluding hydrogens is 520 g/mol. The molecule has 3 aromatic heterocycles. The number of rotatable bonds is 2. The fraction of sp³-hybridized carbons (Fsp3) is 0. The number of aromatic nitrogens is 1. The van der Waals surface area contributed by atoms with Gasteiger partial charge in [0, 0.05) is 31.6 Å². The lowest BCUT2D eigenvalue weighted by atomic mass is 9.99. The molecule has 6 aromatic carbocycles. The van der Waals surface area contributed by atoms with Crippen molar-refractivity contribution >= 4 is 80.9 Å². The summed E-state index contributed by atoms with van der Waals surface area (Å²) in [6, 6.07) is 42.5. The highest BCUT2D eigenvalue weighted by atomic mass is 32.1. The molecule has 0 aliphatic heterocycles. The minimum atomic E-state index is 0.684. The van der Waals surface area contributed by atoms with Crippen LogP contribution in [-0.4, -0.2) is 4.57 Å². The van der Waals surface area contributed by atoms with Crippen LogP contribution in [0, 0.1) is 6.57 Å². The molecule has 190 valence electrons. The van der Waals surface area contributed by atoms with E-state index in [1.54, 1.807) is 11.3 Å². The van der Waals surface area contributed by atoms with Gasteiger partial charge in [0.05, 0.1) is 28.0 Å². The number of para-hydroxylation sites is 3. The van der Waals surface area contributed by atoms with E-state index in [4.69, 9.17) is 11.0 Å². The van der Waals surface area contributed by atoms with Crippen molar-refractivity contribution in [3.05, 3.63) is 133 Å². The second-order valence-corrected chi connectivity index (χ2v) is 11.4. The first-order valence-corrected chi connectivity index (χ1v) is 14.4. The number of thiophene rings is 1. The van der Waals surface area contributed by atoms with Crippen LogP contribution < -0.4 is 0 Å². The largest absolute Gasteiger partial charge is 0.456 e. The van der Waals surface area contributed by atoms with Gasteiger partial charge in [0.2, 0.25) is 5.69 Å². The van der Waals surface area contributed by atoms with Gasteiger partial charge < -0.3 is 8.98 Å². The Morgan fingerprint density at radius 3 is 1.98 bits per heavy atom. The van der Waals surface area contributed by atoms with Crippen molar-refractivity contribution in [1.82, 2.24) is 4.57 Å². The van der Waals surface area contributed by atoms with Crippen molar-refractivity contribution in [2.75, 3.05) is 0 Å². The lowest BCUT2D eigenvalue weighted by Crippen LogP contribution is -1.93. The lowest BCUT2D eigenvalue weighted by Gasteiger charge is -2.09. The number of nitrogens with zero attached hydrogens (tertiary/aromatic N) is 2. The monoisotopic (exact) mass is 540 g/mol. The molecule has 0 unspecified atom stereocenters. The molecule has 0 saturated heterocycles. The van der Waals surface area contributed by atoms with Gasteiger partial charge in [-0.05, 0) is 65.0 Å². The van der Waals surface area contributed by atoms with E-state index >= 15 is 0 Å². The summed E-state index contributed by atoms with van der Waals surface area (Å²) >= 11 is 1.71. The molecule has 0 spiro atoms. The van der Waals surface area contributed by atoms with Crippen LogP contribution in [0.5, 0.6) is 0 Å². The van der Waals surface area contributed by atoms with Gasteiger partial charge in [0.15, 0.2) is 0 Å². The van der Waals surface area contributed by atoms with Crippen LogP contribution in [0.2, 0.25) is 0 Å². The molecule has 0 saturated carbocycles. The molecule has 9 rings (SSSR count). The molecule has 0 N–H and O–H groups in total. The van der Waals surface area contributed by atoms with Crippen molar-refractivity contribution in [3.8, 4) is 16.8 Å². The summed E-state index contributed by atoms with van der Waals surface area (Å²) in [5.74, 6) is 0. The van der Waals surface area contributed by atoms with Crippen LogP contribution in [-0.2, 0) is 0 Å². The first kappa shape index (κ1) is 22.4. The SMILES string of the molecule is [C-]#[N+]c1cc(-c2ccc3oc4ccccc4c3c2)cc2c1sc1c(-n3c4ccccc4c4ccccc43)cccc12. The van der Waals surface area contributed by atoms with Gasteiger partial charge >= 0.3 is 0 Å². The van der Waals surface area contributed by atoms with Crippen LogP contribution in [0.3, 0.4) is 0 Å². The Hall–Kier alpha value is -5.37. The zero-order chi connectivity index (χ0) is 27.1. The van der Waals surface area contributed by atoms with Crippen molar-refractivity contribution in [2.45, 2.75) is 0 Å². The molecule has 0 atom stereocenters. The molecule has 41 heavy (non-hydrogen) atoms. The third-order valence-electron chi connectivity index (χ3n) is 8.21.